The number of alkyl halides is 6. The first-order valence-electron chi connectivity index (χ1n) is 11.2. The molecule has 0 radical (unpaired) electrons. The zero-order valence-corrected chi connectivity index (χ0v) is 19.1. The van der Waals surface area contributed by atoms with E-state index in [-0.39, 0.29) is 18.3 Å². The van der Waals surface area contributed by atoms with E-state index in [2.05, 4.69) is 15.3 Å². The third-order valence-corrected chi connectivity index (χ3v) is 6.41. The van der Waals surface area contributed by atoms with Gasteiger partial charge in [-0.2, -0.15) is 26.3 Å². The zero-order chi connectivity index (χ0) is 25.8. The highest BCUT2D eigenvalue weighted by molar-refractivity contribution is 5.79. The Balaban J connectivity index is 1.51. The van der Waals surface area contributed by atoms with E-state index in [1.807, 2.05) is 0 Å². The number of imidazole rings is 1. The second-order valence-corrected chi connectivity index (χ2v) is 9.72. The number of halogens is 6. The van der Waals surface area contributed by atoms with Gasteiger partial charge in [-0.1, -0.05) is 6.07 Å². The number of rotatable bonds is 8. The quantitative estimate of drug-likeness (QED) is 0.451. The Kier molecular flexibility index (Phi) is 6.45. The van der Waals surface area contributed by atoms with Crippen molar-refractivity contribution in [3.8, 4) is 0 Å². The number of nitrogens with two attached hydrogens (primary N) is 1. The van der Waals surface area contributed by atoms with Crippen molar-refractivity contribution in [3.05, 3.63) is 29.6 Å². The molecule has 2 heterocycles. The number of aromatic nitrogens is 2. The summed E-state index contributed by atoms with van der Waals surface area (Å²) in [4.78, 5) is 21.3. The highest BCUT2D eigenvalue weighted by Gasteiger charge is 2.49. The lowest BCUT2D eigenvalue weighted by Gasteiger charge is -2.28. The van der Waals surface area contributed by atoms with E-state index >= 15 is 0 Å². The second kappa shape index (κ2) is 8.84. The zero-order valence-electron chi connectivity index (χ0n) is 19.1. The molecule has 1 aromatic heterocycles. The largest absolute Gasteiger partial charge is 0.416 e. The van der Waals surface area contributed by atoms with Crippen molar-refractivity contribution < 1.29 is 35.9 Å². The molecule has 2 amide bonds. The lowest BCUT2D eigenvalue weighted by atomic mass is 10.00. The fourth-order valence-electron chi connectivity index (χ4n) is 4.24. The lowest BCUT2D eigenvalue weighted by Crippen LogP contribution is -2.43. The van der Waals surface area contributed by atoms with Crippen molar-refractivity contribution in [1.29, 1.82) is 0 Å². The number of carbonyl (C=O) groups excluding carboxylic acids is 1. The molecular weight excluding hydrogens is 480 g/mol. The van der Waals surface area contributed by atoms with E-state index in [0.717, 1.165) is 32.3 Å². The van der Waals surface area contributed by atoms with E-state index in [9.17, 15) is 31.1 Å². The first kappa shape index (κ1) is 25.5. The number of benzene rings is 1. The number of nitrogens with one attached hydrogen (secondary N) is 2. The van der Waals surface area contributed by atoms with Crippen LogP contribution in [0.1, 0.15) is 56.6 Å². The minimum Gasteiger partial charge on any atom is -0.364 e. The Morgan fingerprint density at radius 3 is 2.49 bits per heavy atom. The number of hydrogen-bond donors (Lipinski definition) is 3. The number of carbonyl (C=O) groups is 1. The third kappa shape index (κ3) is 5.66. The molecule has 4 rings (SSSR count). The molecule has 2 aromatic rings. The number of H-pyrrole nitrogens is 1. The molecule has 1 aromatic carbocycles. The average molecular weight is 507 g/mol. The Morgan fingerprint density at radius 1 is 1.20 bits per heavy atom. The number of hydrogen-bond acceptors (Lipinski definition) is 4. The van der Waals surface area contributed by atoms with Gasteiger partial charge in [0.15, 0.2) is 5.60 Å². The minimum absolute atomic E-state index is 0.0550. The molecule has 1 aliphatic carbocycles. The van der Waals surface area contributed by atoms with Crippen LogP contribution in [0.5, 0.6) is 0 Å². The van der Waals surface area contributed by atoms with Gasteiger partial charge in [-0.15, -0.1) is 0 Å². The maximum Gasteiger partial charge on any atom is 0.416 e. The van der Waals surface area contributed by atoms with Gasteiger partial charge in [0.25, 0.3) is 0 Å². The molecule has 13 heteroatoms. The molecule has 4 N–H and O–H groups in total. The maximum absolute atomic E-state index is 13.0. The third-order valence-electron chi connectivity index (χ3n) is 6.41. The van der Waals surface area contributed by atoms with Gasteiger partial charge >= 0.3 is 18.4 Å². The Bertz CT molecular complexity index is 1080. The summed E-state index contributed by atoms with van der Waals surface area (Å²) < 4.78 is 82.5. The van der Waals surface area contributed by atoms with Crippen LogP contribution in [0.25, 0.3) is 11.0 Å². The normalized spacial score (nSPS) is 21.5. The van der Waals surface area contributed by atoms with Crippen molar-refractivity contribution in [2.24, 2.45) is 11.7 Å². The van der Waals surface area contributed by atoms with Crippen molar-refractivity contribution >= 4 is 17.1 Å². The van der Waals surface area contributed by atoms with E-state index in [4.69, 9.17) is 10.5 Å². The van der Waals surface area contributed by atoms with Crippen molar-refractivity contribution in [2.75, 3.05) is 13.2 Å². The number of urea groups is 1. The Labute approximate surface area is 197 Å². The van der Waals surface area contributed by atoms with Gasteiger partial charge in [-0.05, 0) is 50.3 Å². The topological polar surface area (TPSA) is 96.3 Å². The standard InChI is InChI=1S/C22H27F6N5O2/c1-20(2,22(26,27)28)35-10-14(29)18-31-15-6-5-12(7-16(15)32-18)17(11-3-4-11)33-9-13(30-19(33)34)8-21(23,24)25/h5-7,11,13-14,17H,3-4,8-10,29H2,1-2H3,(H,30,34)(H,31,32)/t13-,14+,17-/m1/s1. The van der Waals surface area contributed by atoms with Crippen LogP contribution in [0.4, 0.5) is 31.1 Å². The van der Waals surface area contributed by atoms with Crippen molar-refractivity contribution in [1.82, 2.24) is 20.2 Å². The van der Waals surface area contributed by atoms with Crippen LogP contribution in [0.15, 0.2) is 18.2 Å². The number of fused-ring (bicyclic) bond motifs is 1. The predicted molar refractivity (Wildman–Crippen MR) is 114 cm³/mol. The molecular formula is C22H27F6N5O2. The first-order chi connectivity index (χ1) is 16.1. The monoisotopic (exact) mass is 507 g/mol. The van der Waals surface area contributed by atoms with Gasteiger partial charge in [0.2, 0.25) is 0 Å². The van der Waals surface area contributed by atoms with Gasteiger partial charge in [-0.25, -0.2) is 9.78 Å². The Morgan fingerprint density at radius 2 is 1.89 bits per heavy atom. The molecule has 2 aliphatic rings. The SMILES string of the molecule is CC(C)(OC[C@H](N)c1nc2cc([C@@H](C3CC3)N3C[C@@H](CC(F)(F)F)NC3=O)ccc2[nH]1)C(F)(F)F. The number of nitrogens with zero attached hydrogens (tertiary/aromatic N) is 2. The molecule has 1 saturated heterocycles. The second-order valence-electron chi connectivity index (χ2n) is 9.72. The van der Waals surface area contributed by atoms with Crippen molar-refractivity contribution in [3.63, 3.8) is 0 Å². The molecule has 0 bridgehead atoms. The van der Waals surface area contributed by atoms with Gasteiger partial charge < -0.3 is 25.7 Å². The van der Waals surface area contributed by atoms with Gasteiger partial charge in [0.05, 0.1) is 42.2 Å². The number of aromatic amines is 1. The summed E-state index contributed by atoms with van der Waals surface area (Å²) in [6.45, 7) is 1.35. The summed E-state index contributed by atoms with van der Waals surface area (Å²) in [6, 6.07) is 2.32. The smallest absolute Gasteiger partial charge is 0.364 e. The maximum atomic E-state index is 13.0. The van der Waals surface area contributed by atoms with Crippen LogP contribution in [0.3, 0.4) is 0 Å². The summed E-state index contributed by atoms with van der Waals surface area (Å²) >= 11 is 0. The Hall–Kier alpha value is -2.54. The van der Waals surface area contributed by atoms with Crippen LogP contribution < -0.4 is 11.1 Å². The summed E-state index contributed by atoms with van der Waals surface area (Å²) in [6.07, 6.45) is -8.35. The molecule has 0 spiro atoms. The fourth-order valence-corrected chi connectivity index (χ4v) is 4.24. The van der Waals surface area contributed by atoms with Crippen LogP contribution >= 0.6 is 0 Å². The van der Waals surface area contributed by atoms with E-state index in [1.54, 1.807) is 18.2 Å². The fraction of sp³-hybridized carbons (Fsp3) is 0.636. The predicted octanol–water partition coefficient (Wildman–Crippen LogP) is 4.72. The molecule has 2 fully saturated rings. The van der Waals surface area contributed by atoms with E-state index < -0.39 is 55.1 Å². The van der Waals surface area contributed by atoms with Crippen LogP contribution in [-0.2, 0) is 4.74 Å². The van der Waals surface area contributed by atoms with Gasteiger partial charge in [0.1, 0.15) is 5.82 Å². The summed E-state index contributed by atoms with van der Waals surface area (Å²) in [5.74, 6) is 0.365. The first-order valence-corrected chi connectivity index (χ1v) is 11.2. The molecule has 3 atom stereocenters. The van der Waals surface area contributed by atoms with E-state index in [1.165, 1.54) is 4.90 Å². The highest BCUT2D eigenvalue weighted by Crippen LogP contribution is 2.46. The number of ether oxygens (including phenoxy) is 1. The van der Waals surface area contributed by atoms with Crippen molar-refractivity contribution in [2.45, 2.75) is 69.2 Å². The lowest BCUT2D eigenvalue weighted by molar-refractivity contribution is -0.264. The van der Waals surface area contributed by atoms with Crippen LogP contribution in [0.2, 0.25) is 0 Å². The van der Waals surface area contributed by atoms with Crippen LogP contribution in [-0.4, -0.2) is 58.0 Å². The average Bonchev–Trinajstić information content (AvgIpc) is 3.36. The minimum atomic E-state index is -4.56. The molecule has 0 unspecified atom stereocenters. The summed E-state index contributed by atoms with van der Waals surface area (Å²) in [7, 11) is 0. The molecule has 1 aliphatic heterocycles. The van der Waals surface area contributed by atoms with Gasteiger partial charge in [0, 0.05) is 6.54 Å². The van der Waals surface area contributed by atoms with Gasteiger partial charge in [-0.3, -0.25) is 0 Å². The molecule has 7 nitrogen and oxygen atoms in total. The summed E-state index contributed by atoms with van der Waals surface area (Å²) in [5, 5.41) is 2.42. The molecule has 35 heavy (non-hydrogen) atoms. The highest BCUT2D eigenvalue weighted by atomic mass is 19.4. The molecule has 1 saturated carbocycles. The van der Waals surface area contributed by atoms with Crippen LogP contribution in [0, 0.1) is 5.92 Å². The van der Waals surface area contributed by atoms with E-state index in [0.29, 0.717) is 11.0 Å². The number of amides is 2. The summed E-state index contributed by atoms with van der Waals surface area (Å²) in [5.41, 5.74) is 5.44. The molecule has 194 valence electrons.